The van der Waals surface area contributed by atoms with E-state index in [2.05, 4.69) is 15.5 Å². The molecule has 0 bridgehead atoms. The van der Waals surface area contributed by atoms with Crippen LogP contribution in [0, 0.1) is 6.92 Å². The number of nitrogens with zero attached hydrogens (tertiary/aromatic N) is 3. The Labute approximate surface area is 218 Å². The molecule has 10 nitrogen and oxygen atoms in total. The predicted molar refractivity (Wildman–Crippen MR) is 142 cm³/mol. The minimum Gasteiger partial charge on any atom is -0.480 e. The minimum atomic E-state index is -1.02. The van der Waals surface area contributed by atoms with E-state index in [1.165, 1.54) is 13.2 Å². The lowest BCUT2D eigenvalue weighted by Gasteiger charge is -2.47. The molecule has 1 saturated heterocycles. The van der Waals surface area contributed by atoms with Crippen LogP contribution in [-0.2, 0) is 0 Å². The van der Waals surface area contributed by atoms with Gasteiger partial charge in [-0.25, -0.2) is 4.79 Å². The first-order valence-electron chi connectivity index (χ1n) is 12.1. The first-order chi connectivity index (χ1) is 18.2. The van der Waals surface area contributed by atoms with Crippen molar-refractivity contribution in [2.75, 3.05) is 30.4 Å². The van der Waals surface area contributed by atoms with E-state index in [4.69, 9.17) is 13.9 Å². The number of methoxy groups -OCH3 is 1. The summed E-state index contributed by atoms with van der Waals surface area (Å²) in [7, 11) is 1.52. The molecule has 3 heterocycles. The lowest BCUT2D eigenvalue weighted by atomic mass is 9.96. The third-order valence-electron chi connectivity index (χ3n) is 6.52. The van der Waals surface area contributed by atoms with E-state index in [0.29, 0.717) is 47.4 Å². The summed E-state index contributed by atoms with van der Waals surface area (Å²) < 4.78 is 17.4. The number of aryl methyl sites for hydroxylation is 1. The molecule has 1 atom stereocenters. The van der Waals surface area contributed by atoms with Gasteiger partial charge in [-0.3, -0.25) is 4.79 Å². The number of rotatable bonds is 8. The Kier molecular flexibility index (Phi) is 6.40. The molecule has 1 aliphatic rings. The van der Waals surface area contributed by atoms with Gasteiger partial charge in [-0.05, 0) is 44.5 Å². The van der Waals surface area contributed by atoms with Crippen molar-refractivity contribution in [2.24, 2.45) is 0 Å². The van der Waals surface area contributed by atoms with Crippen LogP contribution in [0.4, 0.5) is 11.6 Å². The first kappa shape index (κ1) is 25.1. The summed E-state index contributed by atoms with van der Waals surface area (Å²) in [5.74, 6) is 0.198. The van der Waals surface area contributed by atoms with E-state index in [0.717, 1.165) is 11.1 Å². The number of anilines is 2. The number of nitrogens with one attached hydrogen (secondary N) is 1. The van der Waals surface area contributed by atoms with Gasteiger partial charge in [0.1, 0.15) is 11.2 Å². The molecule has 1 fully saturated rings. The van der Waals surface area contributed by atoms with Gasteiger partial charge >= 0.3 is 5.97 Å². The summed E-state index contributed by atoms with van der Waals surface area (Å²) in [6, 6.07) is 15.0. The number of hydrogen-bond acceptors (Lipinski definition) is 9. The van der Waals surface area contributed by atoms with Gasteiger partial charge in [-0.2, -0.15) is 0 Å². The maximum atomic E-state index is 13.1. The zero-order valence-corrected chi connectivity index (χ0v) is 21.5. The fourth-order valence-electron chi connectivity index (χ4n) is 4.71. The van der Waals surface area contributed by atoms with Crippen molar-refractivity contribution in [3.05, 3.63) is 81.5 Å². The Morgan fingerprint density at radius 2 is 1.84 bits per heavy atom. The van der Waals surface area contributed by atoms with Crippen LogP contribution in [0.2, 0.25) is 0 Å². The lowest BCUT2D eigenvalue weighted by Crippen LogP contribution is -2.63. The number of benzene rings is 2. The third-order valence-corrected chi connectivity index (χ3v) is 6.52. The lowest BCUT2D eigenvalue weighted by molar-refractivity contribution is 0.0491. The number of carbonyl (C=O) groups is 1. The average molecular weight is 517 g/mol. The first-order valence-corrected chi connectivity index (χ1v) is 12.1. The number of carboxylic acids is 1. The van der Waals surface area contributed by atoms with Gasteiger partial charge in [-0.15, -0.1) is 10.2 Å². The van der Waals surface area contributed by atoms with Crippen molar-refractivity contribution >= 4 is 28.5 Å². The van der Waals surface area contributed by atoms with Crippen LogP contribution in [0.3, 0.4) is 0 Å². The molecule has 0 spiro atoms. The summed E-state index contributed by atoms with van der Waals surface area (Å²) in [5.41, 5.74) is 2.08. The molecule has 1 unspecified atom stereocenters. The number of aromatic carboxylic acids is 1. The highest BCUT2D eigenvalue weighted by molar-refractivity contribution is 5.94. The number of aromatic nitrogens is 2. The van der Waals surface area contributed by atoms with E-state index in [1.54, 1.807) is 42.5 Å². The van der Waals surface area contributed by atoms with Crippen LogP contribution < -0.4 is 25.1 Å². The highest BCUT2D eigenvalue weighted by atomic mass is 16.5. The summed E-state index contributed by atoms with van der Waals surface area (Å²) in [6.07, 6.45) is 0. The van der Waals surface area contributed by atoms with Crippen molar-refractivity contribution < 1.29 is 23.8 Å². The molecule has 2 aromatic carbocycles. The topological polar surface area (TPSA) is 127 Å². The number of fused-ring (bicyclic) bond motifs is 1. The summed E-state index contributed by atoms with van der Waals surface area (Å²) in [4.78, 5) is 26.7. The van der Waals surface area contributed by atoms with Gasteiger partial charge in [0.05, 0.1) is 37.2 Å². The maximum absolute atomic E-state index is 13.1. The van der Waals surface area contributed by atoms with Crippen molar-refractivity contribution in [3.8, 4) is 11.8 Å². The SMILES string of the molecule is COc1ccc(OC2(C)CN(c3cc(=O)c4cc(C)cc(C(C)Nc5ccccc5C(=O)O)c4o3)C2)nn1. The van der Waals surface area contributed by atoms with Crippen LogP contribution in [0.25, 0.3) is 11.0 Å². The van der Waals surface area contributed by atoms with Crippen LogP contribution in [0.5, 0.6) is 11.8 Å². The highest BCUT2D eigenvalue weighted by Gasteiger charge is 2.43. The summed E-state index contributed by atoms with van der Waals surface area (Å²) in [5, 5.41) is 21.3. The second-order valence-electron chi connectivity index (χ2n) is 9.72. The molecule has 2 aromatic heterocycles. The molecule has 196 valence electrons. The second-order valence-corrected chi connectivity index (χ2v) is 9.72. The molecule has 0 aliphatic carbocycles. The van der Waals surface area contributed by atoms with Gasteiger partial charge in [0.25, 0.3) is 0 Å². The Balaban J connectivity index is 1.42. The largest absolute Gasteiger partial charge is 0.480 e. The fourth-order valence-corrected chi connectivity index (χ4v) is 4.71. The Morgan fingerprint density at radius 3 is 2.53 bits per heavy atom. The van der Waals surface area contributed by atoms with Crippen LogP contribution >= 0.6 is 0 Å². The molecule has 4 aromatic rings. The Bertz CT molecular complexity index is 1560. The van der Waals surface area contributed by atoms with Crippen molar-refractivity contribution in [1.29, 1.82) is 0 Å². The second kappa shape index (κ2) is 9.70. The molecule has 38 heavy (non-hydrogen) atoms. The van der Waals surface area contributed by atoms with Gasteiger partial charge in [-0.1, -0.05) is 18.2 Å². The van der Waals surface area contributed by atoms with Gasteiger partial charge in [0.15, 0.2) is 11.3 Å². The molecule has 0 radical (unpaired) electrons. The highest BCUT2D eigenvalue weighted by Crippen LogP contribution is 2.35. The minimum absolute atomic E-state index is 0.153. The maximum Gasteiger partial charge on any atom is 0.337 e. The number of carboxylic acid groups (broad SMARTS) is 1. The van der Waals surface area contributed by atoms with E-state index in [-0.39, 0.29) is 17.0 Å². The molecule has 0 amide bonds. The summed E-state index contributed by atoms with van der Waals surface area (Å²) in [6.45, 7) is 6.74. The molecule has 2 N–H and O–H groups in total. The molecular weight excluding hydrogens is 488 g/mol. The average Bonchev–Trinajstić information content (AvgIpc) is 2.87. The van der Waals surface area contributed by atoms with E-state index in [1.807, 2.05) is 31.7 Å². The summed E-state index contributed by atoms with van der Waals surface area (Å²) >= 11 is 0. The van der Waals surface area contributed by atoms with Gasteiger partial charge in [0, 0.05) is 29.4 Å². The number of ether oxygens (including phenoxy) is 2. The van der Waals surface area contributed by atoms with E-state index >= 15 is 0 Å². The normalized spacial score (nSPS) is 15.0. The quantitative estimate of drug-likeness (QED) is 0.347. The van der Waals surface area contributed by atoms with Crippen LogP contribution in [0.1, 0.15) is 41.4 Å². The predicted octanol–water partition coefficient (Wildman–Crippen LogP) is 4.43. The van der Waals surface area contributed by atoms with Crippen LogP contribution in [-0.4, -0.2) is 47.1 Å². The van der Waals surface area contributed by atoms with Gasteiger partial charge < -0.3 is 29.2 Å². The van der Waals surface area contributed by atoms with Crippen molar-refractivity contribution in [3.63, 3.8) is 0 Å². The number of para-hydroxylation sites is 1. The zero-order valence-electron chi connectivity index (χ0n) is 21.5. The molecule has 1 aliphatic heterocycles. The molecule has 10 heteroatoms. The Hall–Kier alpha value is -4.60. The molecule has 5 rings (SSSR count). The van der Waals surface area contributed by atoms with Crippen molar-refractivity contribution in [2.45, 2.75) is 32.4 Å². The van der Waals surface area contributed by atoms with Gasteiger partial charge in [0.2, 0.25) is 11.8 Å². The van der Waals surface area contributed by atoms with Crippen LogP contribution in [0.15, 0.2) is 63.8 Å². The zero-order chi connectivity index (χ0) is 27.0. The third kappa shape index (κ3) is 4.84. The molecule has 0 saturated carbocycles. The smallest absolute Gasteiger partial charge is 0.337 e. The Morgan fingerprint density at radius 1 is 1.13 bits per heavy atom. The van der Waals surface area contributed by atoms with Crippen molar-refractivity contribution in [1.82, 2.24) is 10.2 Å². The number of hydrogen-bond donors (Lipinski definition) is 2. The monoisotopic (exact) mass is 516 g/mol. The van der Waals surface area contributed by atoms with E-state index < -0.39 is 11.6 Å². The van der Waals surface area contributed by atoms with E-state index in [9.17, 15) is 14.7 Å². The standard InChI is InChI=1S/C28H28N4O6/c1-16-11-19(17(2)29-21-8-6-5-7-18(21)27(34)35)26-20(12-16)22(33)13-25(37-26)32-14-28(3,15-32)38-24-10-9-23(36-4)30-31-24/h5-13,17,29H,14-15H2,1-4H3,(H,34,35). The fraction of sp³-hybridized carbons (Fsp3) is 0.286. The molecular formula is C28H28N4O6.